The summed E-state index contributed by atoms with van der Waals surface area (Å²) in [6.07, 6.45) is 5.09. The molecule has 2 unspecified atom stereocenters. The van der Waals surface area contributed by atoms with E-state index < -0.39 is 0 Å². The molecule has 1 aromatic rings. The maximum absolute atomic E-state index is 12.7. The lowest BCUT2D eigenvalue weighted by Crippen LogP contribution is -2.24. The molecule has 1 saturated heterocycles. The Morgan fingerprint density at radius 2 is 1.94 bits per heavy atom. The van der Waals surface area contributed by atoms with E-state index in [0.717, 1.165) is 12.8 Å². The van der Waals surface area contributed by atoms with Crippen LogP contribution in [0.5, 0.6) is 5.75 Å². The molecule has 0 N–H and O–H groups in total. The standard InChI is InChI=1S/C14H19FO2/c1-11-4-2-3-5-14(17-11)10-16-13-8-6-12(15)7-9-13/h6-9,11,14H,2-5,10H2,1H3. The monoisotopic (exact) mass is 238 g/mol. The second-order valence-electron chi connectivity index (χ2n) is 4.62. The van der Waals surface area contributed by atoms with Crippen LogP contribution >= 0.6 is 0 Å². The minimum Gasteiger partial charge on any atom is -0.491 e. The van der Waals surface area contributed by atoms with E-state index in [1.807, 2.05) is 0 Å². The Hall–Kier alpha value is -1.09. The summed E-state index contributed by atoms with van der Waals surface area (Å²) in [7, 11) is 0. The summed E-state index contributed by atoms with van der Waals surface area (Å²) in [5, 5.41) is 0. The first kappa shape index (κ1) is 12.4. The van der Waals surface area contributed by atoms with Gasteiger partial charge >= 0.3 is 0 Å². The Kier molecular flexibility index (Phi) is 4.37. The van der Waals surface area contributed by atoms with Crippen molar-refractivity contribution in [2.75, 3.05) is 6.61 Å². The van der Waals surface area contributed by atoms with Crippen molar-refractivity contribution in [3.8, 4) is 5.75 Å². The number of ether oxygens (including phenoxy) is 2. The Bertz CT molecular complexity index is 337. The van der Waals surface area contributed by atoms with E-state index in [0.29, 0.717) is 18.5 Å². The molecule has 3 heteroatoms. The molecule has 94 valence electrons. The van der Waals surface area contributed by atoms with Gasteiger partial charge < -0.3 is 9.47 Å². The first-order valence-corrected chi connectivity index (χ1v) is 6.28. The predicted molar refractivity (Wildman–Crippen MR) is 64.7 cm³/mol. The van der Waals surface area contributed by atoms with Gasteiger partial charge in [0.05, 0.1) is 12.2 Å². The van der Waals surface area contributed by atoms with Gasteiger partial charge in [0.1, 0.15) is 18.2 Å². The fourth-order valence-electron chi connectivity index (χ4n) is 2.11. The number of benzene rings is 1. The molecule has 0 saturated carbocycles. The normalized spacial score (nSPS) is 25.3. The zero-order valence-corrected chi connectivity index (χ0v) is 10.2. The molecule has 2 nitrogen and oxygen atoms in total. The second-order valence-corrected chi connectivity index (χ2v) is 4.62. The molecule has 1 aromatic carbocycles. The molecule has 0 radical (unpaired) electrons. The third-order valence-corrected chi connectivity index (χ3v) is 3.06. The van der Waals surface area contributed by atoms with Crippen LogP contribution in [-0.2, 0) is 4.74 Å². The van der Waals surface area contributed by atoms with Gasteiger partial charge in [-0.25, -0.2) is 4.39 Å². The molecule has 1 aliphatic heterocycles. The maximum atomic E-state index is 12.7. The van der Waals surface area contributed by atoms with Crippen molar-refractivity contribution < 1.29 is 13.9 Å². The molecule has 0 bridgehead atoms. The van der Waals surface area contributed by atoms with Crippen LogP contribution in [0.4, 0.5) is 4.39 Å². The number of rotatable bonds is 3. The topological polar surface area (TPSA) is 18.5 Å². The average Bonchev–Trinajstić information content (AvgIpc) is 2.53. The van der Waals surface area contributed by atoms with Gasteiger partial charge in [0.25, 0.3) is 0 Å². The van der Waals surface area contributed by atoms with Gasteiger partial charge in [-0.05, 0) is 44.0 Å². The Balaban J connectivity index is 1.82. The van der Waals surface area contributed by atoms with Crippen LogP contribution in [-0.4, -0.2) is 18.8 Å². The summed E-state index contributed by atoms with van der Waals surface area (Å²) in [6.45, 7) is 2.66. The summed E-state index contributed by atoms with van der Waals surface area (Å²) in [5.74, 6) is 0.462. The molecule has 1 aliphatic rings. The number of hydrogen-bond acceptors (Lipinski definition) is 2. The minimum atomic E-state index is -0.239. The second kappa shape index (κ2) is 6.01. The third-order valence-electron chi connectivity index (χ3n) is 3.06. The quantitative estimate of drug-likeness (QED) is 0.801. The van der Waals surface area contributed by atoms with E-state index in [1.54, 1.807) is 12.1 Å². The molecule has 1 heterocycles. The first-order chi connectivity index (χ1) is 8.24. The van der Waals surface area contributed by atoms with Crippen molar-refractivity contribution in [3.63, 3.8) is 0 Å². The van der Waals surface area contributed by atoms with Gasteiger partial charge in [0.15, 0.2) is 0 Å². The summed E-state index contributed by atoms with van der Waals surface area (Å²) in [5.41, 5.74) is 0. The van der Waals surface area contributed by atoms with Gasteiger partial charge in [-0.1, -0.05) is 12.8 Å². The van der Waals surface area contributed by atoms with Crippen molar-refractivity contribution in [1.82, 2.24) is 0 Å². The molecule has 2 rings (SSSR count). The van der Waals surface area contributed by atoms with Gasteiger partial charge in [-0.15, -0.1) is 0 Å². The maximum Gasteiger partial charge on any atom is 0.123 e. The SMILES string of the molecule is CC1CCCCC(COc2ccc(F)cc2)O1. The van der Waals surface area contributed by atoms with Crippen molar-refractivity contribution in [2.45, 2.75) is 44.8 Å². The van der Waals surface area contributed by atoms with Crippen molar-refractivity contribution >= 4 is 0 Å². The van der Waals surface area contributed by atoms with E-state index in [4.69, 9.17) is 9.47 Å². The summed E-state index contributed by atoms with van der Waals surface area (Å²) in [6, 6.07) is 6.11. The smallest absolute Gasteiger partial charge is 0.123 e. The highest BCUT2D eigenvalue weighted by Crippen LogP contribution is 2.19. The predicted octanol–water partition coefficient (Wildman–Crippen LogP) is 3.55. The van der Waals surface area contributed by atoms with Crippen LogP contribution in [0, 0.1) is 5.82 Å². The highest BCUT2D eigenvalue weighted by molar-refractivity contribution is 5.22. The zero-order valence-electron chi connectivity index (χ0n) is 10.2. The molecule has 0 spiro atoms. The summed E-state index contributed by atoms with van der Waals surface area (Å²) >= 11 is 0. The van der Waals surface area contributed by atoms with Crippen LogP contribution in [0.2, 0.25) is 0 Å². The highest BCUT2D eigenvalue weighted by atomic mass is 19.1. The Morgan fingerprint density at radius 1 is 1.24 bits per heavy atom. The minimum absolute atomic E-state index is 0.164. The van der Waals surface area contributed by atoms with Crippen molar-refractivity contribution in [3.05, 3.63) is 30.1 Å². The number of halogens is 1. The first-order valence-electron chi connectivity index (χ1n) is 6.28. The van der Waals surface area contributed by atoms with E-state index >= 15 is 0 Å². The molecule has 0 aliphatic carbocycles. The molecular formula is C14H19FO2. The largest absolute Gasteiger partial charge is 0.491 e. The molecule has 17 heavy (non-hydrogen) atoms. The lowest BCUT2D eigenvalue weighted by molar-refractivity contribution is -0.0214. The zero-order chi connectivity index (χ0) is 12.1. The van der Waals surface area contributed by atoms with Crippen LogP contribution in [0.1, 0.15) is 32.6 Å². The fraction of sp³-hybridized carbons (Fsp3) is 0.571. The van der Waals surface area contributed by atoms with Crippen LogP contribution in [0.3, 0.4) is 0 Å². The van der Waals surface area contributed by atoms with Gasteiger partial charge in [0.2, 0.25) is 0 Å². The summed E-state index contributed by atoms with van der Waals surface area (Å²) < 4.78 is 24.2. The van der Waals surface area contributed by atoms with Gasteiger partial charge in [-0.3, -0.25) is 0 Å². The Labute approximate surface area is 102 Å². The Morgan fingerprint density at radius 3 is 2.71 bits per heavy atom. The lowest BCUT2D eigenvalue weighted by atomic mass is 10.1. The average molecular weight is 238 g/mol. The molecule has 1 fully saturated rings. The van der Waals surface area contributed by atoms with Gasteiger partial charge in [-0.2, -0.15) is 0 Å². The van der Waals surface area contributed by atoms with Crippen molar-refractivity contribution in [2.24, 2.45) is 0 Å². The summed E-state index contributed by atoms with van der Waals surface area (Å²) in [4.78, 5) is 0. The van der Waals surface area contributed by atoms with Gasteiger partial charge in [0, 0.05) is 0 Å². The lowest BCUT2D eigenvalue weighted by Gasteiger charge is -2.19. The molecule has 2 atom stereocenters. The molecule has 0 amide bonds. The van der Waals surface area contributed by atoms with Crippen molar-refractivity contribution in [1.29, 1.82) is 0 Å². The molecule has 0 aromatic heterocycles. The van der Waals surface area contributed by atoms with Crippen LogP contribution < -0.4 is 4.74 Å². The van der Waals surface area contributed by atoms with E-state index in [-0.39, 0.29) is 11.9 Å². The van der Waals surface area contributed by atoms with E-state index in [2.05, 4.69) is 6.92 Å². The number of hydrogen-bond donors (Lipinski definition) is 0. The van der Waals surface area contributed by atoms with E-state index in [1.165, 1.54) is 25.0 Å². The fourth-order valence-corrected chi connectivity index (χ4v) is 2.11. The highest BCUT2D eigenvalue weighted by Gasteiger charge is 2.17. The van der Waals surface area contributed by atoms with Crippen LogP contribution in [0.25, 0.3) is 0 Å². The molecular weight excluding hydrogens is 219 g/mol. The third kappa shape index (κ3) is 4.00. The van der Waals surface area contributed by atoms with E-state index in [9.17, 15) is 4.39 Å². The van der Waals surface area contributed by atoms with Crippen LogP contribution in [0.15, 0.2) is 24.3 Å².